The number of carbonyl (C=O) groups excluding carboxylic acids is 1. The van der Waals surface area contributed by atoms with E-state index in [-0.39, 0.29) is 36.4 Å². The molecule has 1 aliphatic rings. The van der Waals surface area contributed by atoms with Crippen molar-refractivity contribution in [1.29, 1.82) is 0 Å². The zero-order chi connectivity index (χ0) is 20.9. The van der Waals surface area contributed by atoms with Crippen molar-refractivity contribution in [3.63, 3.8) is 0 Å². The van der Waals surface area contributed by atoms with Crippen LogP contribution in [0.2, 0.25) is 0 Å². The Labute approximate surface area is 194 Å². The zero-order valence-corrected chi connectivity index (χ0v) is 19.5. The zero-order valence-electron chi connectivity index (χ0n) is 16.3. The summed E-state index contributed by atoms with van der Waals surface area (Å²) >= 11 is 0.975. The molecule has 0 saturated carbocycles. The number of thiazole rings is 1. The molecule has 1 aliphatic heterocycles. The van der Waals surface area contributed by atoms with Gasteiger partial charge in [0.25, 0.3) is 0 Å². The van der Waals surface area contributed by atoms with Gasteiger partial charge in [0.2, 0.25) is 5.91 Å². The van der Waals surface area contributed by atoms with Crippen molar-refractivity contribution in [3.8, 4) is 0 Å². The van der Waals surface area contributed by atoms with E-state index < -0.39 is 11.9 Å². The second-order valence-corrected chi connectivity index (χ2v) is 7.50. The van der Waals surface area contributed by atoms with Crippen LogP contribution in [0.25, 0.3) is 0 Å². The Morgan fingerprint density at radius 2 is 2.00 bits per heavy atom. The fourth-order valence-corrected chi connectivity index (χ4v) is 3.85. The molecule has 0 aliphatic carbocycles. The first-order valence-electron chi connectivity index (χ1n) is 9.17. The number of hydrogen-bond acceptors (Lipinski definition) is 4. The quantitative estimate of drug-likeness (QED) is 0.340. The molecule has 0 saturated heterocycles. The van der Waals surface area contributed by atoms with E-state index in [9.17, 15) is 18.0 Å². The second-order valence-electron chi connectivity index (χ2n) is 6.56. The predicted octanol–water partition coefficient (Wildman–Crippen LogP) is 3.07. The summed E-state index contributed by atoms with van der Waals surface area (Å²) in [6.07, 6.45) is -3.25. The highest BCUT2D eigenvalue weighted by Crippen LogP contribution is 2.30. The summed E-state index contributed by atoms with van der Waals surface area (Å²) in [5, 5.41) is 7.35. The number of nitrogens with zero attached hydrogens (tertiary/aromatic N) is 3. The number of halogens is 4. The molecule has 11 heteroatoms. The Morgan fingerprint density at radius 3 is 2.67 bits per heavy atom. The van der Waals surface area contributed by atoms with E-state index in [1.807, 2.05) is 18.2 Å². The van der Waals surface area contributed by atoms with Crippen molar-refractivity contribution in [1.82, 2.24) is 20.5 Å². The third kappa shape index (κ3) is 6.56. The summed E-state index contributed by atoms with van der Waals surface area (Å²) in [5.41, 5.74) is 1.57. The molecule has 1 aromatic carbocycles. The van der Waals surface area contributed by atoms with Crippen LogP contribution in [-0.4, -0.2) is 48.4 Å². The highest BCUT2D eigenvalue weighted by molar-refractivity contribution is 14.0. The van der Waals surface area contributed by atoms with Gasteiger partial charge in [-0.25, -0.2) is 4.98 Å². The highest BCUT2D eigenvalue weighted by atomic mass is 127. The summed E-state index contributed by atoms with van der Waals surface area (Å²) < 4.78 is 37.7. The van der Waals surface area contributed by atoms with Gasteiger partial charge in [-0.1, -0.05) is 24.3 Å². The molecule has 3 rings (SSSR count). The van der Waals surface area contributed by atoms with Crippen LogP contribution in [0.1, 0.15) is 21.8 Å². The van der Waals surface area contributed by atoms with Crippen molar-refractivity contribution in [2.45, 2.75) is 25.6 Å². The van der Waals surface area contributed by atoms with Crippen LogP contribution in [0.5, 0.6) is 0 Å². The fraction of sp³-hybridized carbons (Fsp3) is 0.421. The van der Waals surface area contributed by atoms with Gasteiger partial charge in [-0.15, -0.1) is 35.3 Å². The molecule has 0 fully saturated rings. The van der Waals surface area contributed by atoms with Crippen LogP contribution in [0.4, 0.5) is 13.2 Å². The summed E-state index contributed by atoms with van der Waals surface area (Å²) in [6, 6.07) is 8.09. The van der Waals surface area contributed by atoms with Crippen LogP contribution in [-0.2, 0) is 30.4 Å². The molecule has 0 spiro atoms. The average Bonchev–Trinajstić information content (AvgIpc) is 3.19. The second kappa shape index (κ2) is 10.9. The maximum absolute atomic E-state index is 12.6. The minimum Gasteiger partial charge on any atom is -0.356 e. The van der Waals surface area contributed by atoms with E-state index in [2.05, 4.69) is 26.7 Å². The number of benzene rings is 1. The van der Waals surface area contributed by atoms with E-state index in [0.717, 1.165) is 28.7 Å². The maximum atomic E-state index is 12.6. The first kappa shape index (κ1) is 24.4. The van der Waals surface area contributed by atoms with Gasteiger partial charge in [-0.3, -0.25) is 9.79 Å². The fourth-order valence-electron chi connectivity index (χ4n) is 3.04. The number of amides is 1. The Morgan fingerprint density at radius 1 is 1.27 bits per heavy atom. The standard InChI is InChI=1S/C19H22F3N5OS.HI/c1-23-18(24-8-6-16-26-15(12-29-16)19(20,21)22)25-10-17(28)27-9-7-13-4-2-3-5-14(13)11-27;/h2-5,12H,6-11H2,1H3,(H2,23,24,25);1H. The van der Waals surface area contributed by atoms with Crippen LogP contribution >= 0.6 is 35.3 Å². The summed E-state index contributed by atoms with van der Waals surface area (Å²) in [4.78, 5) is 21.9. The number of carbonyl (C=O) groups is 1. The lowest BCUT2D eigenvalue weighted by atomic mass is 10.00. The third-order valence-electron chi connectivity index (χ3n) is 4.59. The Balaban J connectivity index is 0.00000320. The van der Waals surface area contributed by atoms with Crippen molar-refractivity contribution < 1.29 is 18.0 Å². The Hall–Kier alpha value is -1.89. The molecular weight excluding hydrogens is 530 g/mol. The molecule has 1 amide bonds. The lowest BCUT2D eigenvalue weighted by Gasteiger charge is -2.29. The maximum Gasteiger partial charge on any atom is 0.434 e. The van der Waals surface area contributed by atoms with Crippen molar-refractivity contribution in [2.75, 3.05) is 26.7 Å². The van der Waals surface area contributed by atoms with Gasteiger partial charge in [0.1, 0.15) is 0 Å². The first-order valence-corrected chi connectivity index (χ1v) is 10.1. The van der Waals surface area contributed by atoms with Crippen LogP contribution < -0.4 is 10.6 Å². The smallest absolute Gasteiger partial charge is 0.356 e. The number of nitrogens with one attached hydrogen (secondary N) is 2. The molecule has 0 bridgehead atoms. The molecule has 30 heavy (non-hydrogen) atoms. The molecule has 6 nitrogen and oxygen atoms in total. The number of hydrogen-bond donors (Lipinski definition) is 2. The monoisotopic (exact) mass is 553 g/mol. The molecule has 0 atom stereocenters. The minimum absolute atomic E-state index is 0. The van der Waals surface area contributed by atoms with E-state index in [4.69, 9.17) is 0 Å². The van der Waals surface area contributed by atoms with Gasteiger partial charge >= 0.3 is 6.18 Å². The highest BCUT2D eigenvalue weighted by Gasteiger charge is 2.33. The molecule has 2 aromatic rings. The molecule has 2 heterocycles. The van der Waals surface area contributed by atoms with E-state index in [1.165, 1.54) is 5.56 Å². The van der Waals surface area contributed by atoms with E-state index in [1.54, 1.807) is 11.9 Å². The van der Waals surface area contributed by atoms with Crippen molar-refractivity contribution in [3.05, 3.63) is 51.5 Å². The number of aromatic nitrogens is 1. The van der Waals surface area contributed by atoms with Gasteiger partial charge in [-0.2, -0.15) is 13.2 Å². The van der Waals surface area contributed by atoms with Gasteiger partial charge in [0.15, 0.2) is 11.7 Å². The molecule has 0 unspecified atom stereocenters. The average molecular weight is 553 g/mol. The largest absolute Gasteiger partial charge is 0.434 e. The normalized spacial score (nSPS) is 14.0. The number of rotatable bonds is 5. The molecule has 0 radical (unpaired) electrons. The Bertz CT molecular complexity index is 887. The molecule has 1 aromatic heterocycles. The minimum atomic E-state index is -4.42. The van der Waals surface area contributed by atoms with Crippen LogP contribution in [0.15, 0.2) is 34.6 Å². The lowest BCUT2D eigenvalue weighted by Crippen LogP contribution is -2.46. The number of aliphatic imine (C=N–C) groups is 1. The van der Waals surface area contributed by atoms with Gasteiger partial charge in [-0.05, 0) is 17.5 Å². The van der Waals surface area contributed by atoms with Crippen molar-refractivity contribution in [2.24, 2.45) is 4.99 Å². The van der Waals surface area contributed by atoms with Crippen LogP contribution in [0.3, 0.4) is 0 Å². The topological polar surface area (TPSA) is 69.6 Å². The summed E-state index contributed by atoms with van der Waals surface area (Å²) in [6.45, 7) is 1.72. The number of fused-ring (bicyclic) bond motifs is 1. The molecular formula is C19H23F3IN5OS. The van der Waals surface area contributed by atoms with Gasteiger partial charge < -0.3 is 15.5 Å². The number of alkyl halides is 3. The van der Waals surface area contributed by atoms with E-state index >= 15 is 0 Å². The summed E-state index contributed by atoms with van der Waals surface area (Å²) in [5.74, 6) is 0.389. The van der Waals surface area contributed by atoms with Crippen molar-refractivity contribution >= 4 is 47.2 Å². The predicted molar refractivity (Wildman–Crippen MR) is 121 cm³/mol. The van der Waals surface area contributed by atoms with Gasteiger partial charge in [0, 0.05) is 38.5 Å². The van der Waals surface area contributed by atoms with Crippen LogP contribution in [0, 0.1) is 0 Å². The van der Waals surface area contributed by atoms with Gasteiger partial charge in [0.05, 0.1) is 11.6 Å². The third-order valence-corrected chi connectivity index (χ3v) is 5.50. The lowest BCUT2D eigenvalue weighted by molar-refractivity contribution is -0.140. The van der Waals surface area contributed by atoms with E-state index in [0.29, 0.717) is 37.0 Å². The molecule has 164 valence electrons. The SMILES string of the molecule is CN=C(NCCc1nc(C(F)(F)F)cs1)NCC(=O)N1CCc2ccccc2C1.I. The first-order chi connectivity index (χ1) is 13.9. The number of guanidine groups is 1. The molecule has 2 N–H and O–H groups in total. The Kier molecular flexibility index (Phi) is 8.89. The summed E-state index contributed by atoms with van der Waals surface area (Å²) in [7, 11) is 1.57.